The summed E-state index contributed by atoms with van der Waals surface area (Å²) in [4.78, 5) is 26.0. The molecule has 0 aromatic heterocycles. The summed E-state index contributed by atoms with van der Waals surface area (Å²) in [6.45, 7) is 5.50. The van der Waals surface area contributed by atoms with Crippen molar-refractivity contribution in [3.8, 4) is 0 Å². The molecular weight excluding hydrogens is 533 g/mol. The lowest BCUT2D eigenvalue weighted by Crippen LogP contribution is -2.52. The third kappa shape index (κ3) is 8.28. The lowest BCUT2D eigenvalue weighted by molar-refractivity contribution is -0.205. The van der Waals surface area contributed by atoms with E-state index in [9.17, 15) is 31.2 Å². The lowest BCUT2D eigenvalue weighted by atomic mass is 9.87. The van der Waals surface area contributed by atoms with Crippen LogP contribution in [-0.2, 0) is 31.4 Å². The minimum absolute atomic E-state index is 0.0986. The van der Waals surface area contributed by atoms with Gasteiger partial charge in [-0.1, -0.05) is 63.2 Å². The second kappa shape index (κ2) is 12.5. The number of hydrogen-bond acceptors (Lipinski definition) is 5. The maximum absolute atomic E-state index is 13.6. The number of benzene rings is 2. The molecule has 0 spiro atoms. The van der Waals surface area contributed by atoms with Gasteiger partial charge in [0.1, 0.15) is 0 Å². The Labute approximate surface area is 228 Å². The van der Waals surface area contributed by atoms with Gasteiger partial charge in [-0.05, 0) is 47.9 Å². The number of piperazine rings is 1. The maximum Gasteiger partial charge on any atom is 0.432 e. The van der Waals surface area contributed by atoms with Crippen molar-refractivity contribution in [2.75, 3.05) is 26.2 Å². The summed E-state index contributed by atoms with van der Waals surface area (Å²) in [5.74, 6) is -1.20. The van der Waals surface area contributed by atoms with Crippen LogP contribution in [-0.4, -0.2) is 68.0 Å². The second-order valence-electron chi connectivity index (χ2n) is 10.6. The Morgan fingerprint density at radius 2 is 1.49 bits per heavy atom. The molecule has 1 saturated heterocycles. The molecule has 1 unspecified atom stereocenters. The summed E-state index contributed by atoms with van der Waals surface area (Å²) in [7, 11) is -3.85. The second-order valence-corrected chi connectivity index (χ2v) is 12.6. The summed E-state index contributed by atoms with van der Waals surface area (Å²) in [5.41, 5.74) is 1.84. The van der Waals surface area contributed by atoms with E-state index in [2.05, 4.69) is 4.74 Å². The number of nitrogens with zero attached hydrogens (tertiary/aromatic N) is 2. The van der Waals surface area contributed by atoms with Crippen molar-refractivity contribution in [3.63, 3.8) is 0 Å². The van der Waals surface area contributed by atoms with Crippen LogP contribution in [0.15, 0.2) is 59.5 Å². The molecule has 3 rings (SSSR count). The van der Waals surface area contributed by atoms with Crippen LogP contribution in [0, 0.1) is 0 Å². The number of unbranched alkanes of at least 4 members (excludes halogenated alkanes) is 1. The lowest BCUT2D eigenvalue weighted by Gasteiger charge is -2.34. The van der Waals surface area contributed by atoms with Crippen LogP contribution in [0.4, 0.5) is 18.0 Å². The molecule has 0 bridgehead atoms. The van der Waals surface area contributed by atoms with Crippen molar-refractivity contribution >= 4 is 21.9 Å². The summed E-state index contributed by atoms with van der Waals surface area (Å²) in [6.07, 6.45) is -8.19. The normalized spacial score (nSPS) is 16.1. The molecule has 0 saturated carbocycles. The predicted octanol–water partition coefficient (Wildman–Crippen LogP) is 5.34. The Morgan fingerprint density at radius 3 is 2.03 bits per heavy atom. The van der Waals surface area contributed by atoms with E-state index >= 15 is 0 Å². The number of rotatable bonds is 9. The zero-order chi connectivity index (χ0) is 28.8. The summed E-state index contributed by atoms with van der Waals surface area (Å²) in [5, 5.41) is 0. The van der Waals surface area contributed by atoms with Crippen molar-refractivity contribution in [1.82, 2.24) is 9.21 Å². The van der Waals surface area contributed by atoms with Gasteiger partial charge < -0.3 is 9.64 Å². The van der Waals surface area contributed by atoms with Gasteiger partial charge in [-0.15, -0.1) is 0 Å². The molecule has 1 aliphatic rings. The first-order chi connectivity index (χ1) is 18.2. The number of amides is 1. The smallest absolute Gasteiger partial charge is 0.428 e. The molecule has 1 fully saturated rings. The summed E-state index contributed by atoms with van der Waals surface area (Å²) < 4.78 is 72.6. The molecule has 7 nitrogen and oxygen atoms in total. The number of hydrogen-bond donors (Lipinski definition) is 0. The van der Waals surface area contributed by atoms with E-state index in [0.29, 0.717) is 12.8 Å². The minimum Gasteiger partial charge on any atom is -0.428 e. The van der Waals surface area contributed by atoms with Crippen LogP contribution in [0.2, 0.25) is 0 Å². The van der Waals surface area contributed by atoms with Gasteiger partial charge in [0.05, 0.1) is 4.90 Å². The Morgan fingerprint density at radius 1 is 0.897 bits per heavy atom. The molecule has 2 aromatic rings. The molecule has 39 heavy (non-hydrogen) atoms. The Balaban J connectivity index is 1.54. The molecule has 1 amide bonds. The highest BCUT2D eigenvalue weighted by atomic mass is 32.2. The fraction of sp³-hybridized carbons (Fsp3) is 0.500. The number of alkyl halides is 3. The SMILES string of the molecule is CC(C)(C)c1ccc(S(=O)(=O)N2CCN(C(=O)OC(C(=O)CCCCc3ccccc3)C(F)(F)F)CC2)cc1. The van der Waals surface area contributed by atoms with Crippen molar-refractivity contribution in [2.24, 2.45) is 0 Å². The van der Waals surface area contributed by atoms with Gasteiger partial charge in [-0.3, -0.25) is 4.79 Å². The maximum atomic E-state index is 13.6. The quantitative estimate of drug-likeness (QED) is 0.382. The van der Waals surface area contributed by atoms with Crippen LogP contribution in [0.1, 0.15) is 51.2 Å². The van der Waals surface area contributed by atoms with E-state index in [-0.39, 0.29) is 49.3 Å². The number of aryl methyl sites for hydroxylation is 1. The van der Waals surface area contributed by atoms with Gasteiger partial charge in [0.2, 0.25) is 10.0 Å². The number of Topliss-reactive ketones (excluding diaryl/α,β-unsaturated/α-hetero) is 1. The molecule has 1 aliphatic heterocycles. The highest BCUT2D eigenvalue weighted by Gasteiger charge is 2.48. The molecule has 1 atom stereocenters. The number of sulfonamides is 1. The molecule has 214 valence electrons. The topological polar surface area (TPSA) is 84.0 Å². The number of ether oxygens (including phenoxy) is 1. The predicted molar refractivity (Wildman–Crippen MR) is 141 cm³/mol. The molecule has 0 aliphatic carbocycles. The van der Waals surface area contributed by atoms with Gasteiger partial charge >= 0.3 is 12.3 Å². The van der Waals surface area contributed by atoms with Gasteiger partial charge in [-0.2, -0.15) is 17.5 Å². The average molecular weight is 569 g/mol. The first-order valence-corrected chi connectivity index (χ1v) is 14.3. The third-order valence-corrected chi connectivity index (χ3v) is 8.56. The number of halogens is 3. The molecule has 0 N–H and O–H groups in total. The van der Waals surface area contributed by atoms with Crippen molar-refractivity contribution < 1.29 is 35.9 Å². The first kappa shape index (κ1) is 30.6. The van der Waals surface area contributed by atoms with E-state index in [1.165, 1.54) is 16.4 Å². The molecule has 0 radical (unpaired) electrons. The molecule has 2 aromatic carbocycles. The number of ketones is 1. The van der Waals surface area contributed by atoms with Gasteiger partial charge in [0, 0.05) is 32.6 Å². The largest absolute Gasteiger partial charge is 0.432 e. The van der Waals surface area contributed by atoms with Gasteiger partial charge in [0.15, 0.2) is 5.78 Å². The Hall–Kier alpha value is -2.92. The highest BCUT2D eigenvalue weighted by Crippen LogP contribution is 2.27. The van der Waals surface area contributed by atoms with Crippen LogP contribution in [0.5, 0.6) is 0 Å². The number of carbonyl (C=O) groups is 2. The van der Waals surface area contributed by atoms with Crippen LogP contribution in [0.25, 0.3) is 0 Å². The van der Waals surface area contributed by atoms with Crippen molar-refractivity contribution in [2.45, 2.75) is 69.0 Å². The van der Waals surface area contributed by atoms with E-state index in [1.807, 2.05) is 51.1 Å². The Kier molecular flexibility index (Phi) is 9.82. The Bertz CT molecular complexity index is 1220. The molecular formula is C28H35F3N2O5S. The molecule has 11 heteroatoms. The molecule has 1 heterocycles. The van der Waals surface area contributed by atoms with Gasteiger partial charge in [0.25, 0.3) is 6.10 Å². The van der Waals surface area contributed by atoms with Crippen LogP contribution >= 0.6 is 0 Å². The zero-order valence-corrected chi connectivity index (χ0v) is 23.2. The summed E-state index contributed by atoms with van der Waals surface area (Å²) in [6, 6.07) is 15.9. The standard InChI is InChI=1S/C28H35F3N2O5S/c1-27(2,3)22-13-15-23(16-14-22)39(36,37)33-19-17-32(18-20-33)26(35)38-25(28(29,30)31)24(34)12-8-7-11-21-9-5-4-6-10-21/h4-6,9-10,13-16,25H,7-8,11-12,17-20H2,1-3H3. The first-order valence-electron chi connectivity index (χ1n) is 12.9. The van der Waals surface area contributed by atoms with Crippen LogP contribution in [0.3, 0.4) is 0 Å². The van der Waals surface area contributed by atoms with E-state index in [4.69, 9.17) is 0 Å². The van der Waals surface area contributed by atoms with Gasteiger partial charge in [-0.25, -0.2) is 13.2 Å². The monoisotopic (exact) mass is 568 g/mol. The highest BCUT2D eigenvalue weighted by molar-refractivity contribution is 7.89. The zero-order valence-electron chi connectivity index (χ0n) is 22.4. The number of carbonyl (C=O) groups excluding carboxylic acids is 2. The van der Waals surface area contributed by atoms with E-state index in [1.54, 1.807) is 12.1 Å². The minimum atomic E-state index is -5.05. The van der Waals surface area contributed by atoms with Crippen molar-refractivity contribution in [3.05, 3.63) is 65.7 Å². The van der Waals surface area contributed by atoms with Crippen molar-refractivity contribution in [1.29, 1.82) is 0 Å². The fourth-order valence-electron chi connectivity index (χ4n) is 4.28. The summed E-state index contributed by atoms with van der Waals surface area (Å²) >= 11 is 0. The van der Waals surface area contributed by atoms with Crippen LogP contribution < -0.4 is 0 Å². The van der Waals surface area contributed by atoms with E-state index in [0.717, 1.165) is 16.0 Å². The third-order valence-electron chi connectivity index (χ3n) is 6.64. The average Bonchev–Trinajstić information content (AvgIpc) is 2.89. The fourth-order valence-corrected chi connectivity index (χ4v) is 5.70. The van der Waals surface area contributed by atoms with E-state index < -0.39 is 34.2 Å².